The molecule has 3 rings (SSSR count). The van der Waals surface area contributed by atoms with Crippen LogP contribution in [0.3, 0.4) is 0 Å². The summed E-state index contributed by atoms with van der Waals surface area (Å²) in [6.45, 7) is 4.56. The van der Waals surface area contributed by atoms with Crippen LogP contribution in [0.15, 0.2) is 42.6 Å². The van der Waals surface area contributed by atoms with Crippen LogP contribution >= 0.6 is 34.5 Å². The van der Waals surface area contributed by atoms with E-state index in [1.807, 2.05) is 38.1 Å². The summed E-state index contributed by atoms with van der Waals surface area (Å²) in [5.41, 5.74) is 1.78. The van der Waals surface area contributed by atoms with Gasteiger partial charge in [-0.3, -0.25) is 4.72 Å². The molecule has 0 bridgehead atoms. The molecule has 34 heavy (non-hydrogen) atoms. The van der Waals surface area contributed by atoms with Crippen molar-refractivity contribution < 1.29 is 17.9 Å². The Morgan fingerprint density at radius 2 is 1.88 bits per heavy atom. The molecule has 1 aromatic heterocycles. The molecule has 0 saturated carbocycles. The fraction of sp³-hybridized carbons (Fsp3) is 0.304. The Morgan fingerprint density at radius 1 is 1.18 bits per heavy atom. The number of hydrogen-bond acceptors (Lipinski definition) is 7. The lowest BCUT2D eigenvalue weighted by Crippen LogP contribution is -2.19. The third kappa shape index (κ3) is 6.54. The first-order valence-electron chi connectivity index (χ1n) is 10.1. The van der Waals surface area contributed by atoms with Crippen molar-refractivity contribution in [2.45, 2.75) is 25.9 Å². The molecule has 1 N–H and O–H groups in total. The number of benzene rings is 2. The number of anilines is 1. The Bertz CT molecular complexity index is 1300. The summed E-state index contributed by atoms with van der Waals surface area (Å²) >= 11 is 13.3. The number of rotatable bonds is 10. The summed E-state index contributed by atoms with van der Waals surface area (Å²) in [4.78, 5) is 4.17. The van der Waals surface area contributed by atoms with Gasteiger partial charge in [-0.05, 0) is 35.4 Å². The molecule has 11 heteroatoms. The van der Waals surface area contributed by atoms with Crippen molar-refractivity contribution in [1.82, 2.24) is 4.98 Å². The first kappa shape index (κ1) is 26.1. The van der Waals surface area contributed by atoms with Crippen molar-refractivity contribution >= 4 is 49.6 Å². The summed E-state index contributed by atoms with van der Waals surface area (Å²) in [6, 6.07) is 13.3. The molecule has 1 heterocycles. The van der Waals surface area contributed by atoms with Gasteiger partial charge in [0.2, 0.25) is 10.0 Å². The normalized spacial score (nSPS) is 11.6. The van der Waals surface area contributed by atoms with Crippen molar-refractivity contribution in [3.8, 4) is 17.6 Å². The highest BCUT2D eigenvalue weighted by atomic mass is 35.5. The summed E-state index contributed by atoms with van der Waals surface area (Å²) in [5, 5.41) is 11.0. The Hall–Kier alpha value is -2.51. The summed E-state index contributed by atoms with van der Waals surface area (Å²) in [7, 11) is -3.35. The van der Waals surface area contributed by atoms with Crippen LogP contribution in [0.2, 0.25) is 5.02 Å². The van der Waals surface area contributed by atoms with Crippen LogP contribution in [-0.4, -0.2) is 32.1 Å². The van der Waals surface area contributed by atoms with Crippen molar-refractivity contribution in [2.24, 2.45) is 0 Å². The highest BCUT2D eigenvalue weighted by Crippen LogP contribution is 2.38. The number of alkyl halides is 1. The largest absolute Gasteiger partial charge is 0.489 e. The van der Waals surface area contributed by atoms with Gasteiger partial charge in [0.15, 0.2) is 5.75 Å². The van der Waals surface area contributed by atoms with E-state index in [9.17, 15) is 13.7 Å². The van der Waals surface area contributed by atoms with E-state index in [-0.39, 0.29) is 13.2 Å². The molecule has 0 atom stereocenters. The molecular weight excluding hydrogens is 517 g/mol. The van der Waals surface area contributed by atoms with Gasteiger partial charge >= 0.3 is 0 Å². The number of nitrogens with one attached hydrogen (secondary N) is 1. The minimum Gasteiger partial charge on any atom is -0.489 e. The first-order valence-corrected chi connectivity index (χ1v) is 13.7. The van der Waals surface area contributed by atoms with Gasteiger partial charge in [-0.2, -0.15) is 5.26 Å². The van der Waals surface area contributed by atoms with Crippen LogP contribution in [0.25, 0.3) is 0 Å². The Balaban J connectivity index is 1.73. The predicted molar refractivity (Wildman–Crippen MR) is 136 cm³/mol. The second kappa shape index (κ2) is 10.8. The molecule has 0 radical (unpaired) electrons. The number of nitriles is 1. The smallest absolute Gasteiger partial charge is 0.230 e. The number of thiazole rings is 1. The molecule has 7 nitrogen and oxygen atoms in total. The maximum absolute atomic E-state index is 11.3. The molecular formula is C23H23Cl2N3O4S2. The van der Waals surface area contributed by atoms with Gasteiger partial charge in [0.1, 0.15) is 35.0 Å². The van der Waals surface area contributed by atoms with Crippen LogP contribution in [0.5, 0.6) is 11.5 Å². The maximum atomic E-state index is 11.3. The van der Waals surface area contributed by atoms with E-state index in [1.165, 1.54) is 17.5 Å². The van der Waals surface area contributed by atoms with E-state index in [0.717, 1.165) is 17.4 Å². The molecule has 3 aromatic rings. The summed E-state index contributed by atoms with van der Waals surface area (Å²) in [5.74, 6) is 1.28. The zero-order valence-electron chi connectivity index (χ0n) is 18.8. The molecule has 0 aliphatic heterocycles. The van der Waals surface area contributed by atoms with Gasteiger partial charge in [-0.1, -0.05) is 48.9 Å². The van der Waals surface area contributed by atoms with Crippen LogP contribution in [0.1, 0.15) is 35.5 Å². The third-order valence-electron chi connectivity index (χ3n) is 4.99. The van der Waals surface area contributed by atoms with E-state index < -0.39 is 15.4 Å². The van der Waals surface area contributed by atoms with Crippen LogP contribution in [-0.2, 0) is 22.0 Å². The van der Waals surface area contributed by atoms with E-state index in [1.54, 1.807) is 12.1 Å². The third-order valence-corrected chi connectivity index (χ3v) is 7.03. The highest BCUT2D eigenvalue weighted by molar-refractivity contribution is 7.92. The highest BCUT2D eigenvalue weighted by Gasteiger charge is 2.26. The van der Waals surface area contributed by atoms with Gasteiger partial charge in [-0.15, -0.1) is 11.6 Å². The van der Waals surface area contributed by atoms with Gasteiger partial charge < -0.3 is 9.47 Å². The van der Waals surface area contributed by atoms with E-state index in [0.29, 0.717) is 38.0 Å². The van der Waals surface area contributed by atoms with Crippen molar-refractivity contribution in [1.29, 1.82) is 5.26 Å². The van der Waals surface area contributed by atoms with Crippen LogP contribution in [0, 0.1) is 11.3 Å². The fourth-order valence-corrected chi connectivity index (χ4v) is 5.18. The quantitative estimate of drug-likeness (QED) is 0.338. The number of nitrogens with zero attached hydrogens (tertiary/aromatic N) is 2. The SMILES string of the molecule is CC(C)(c1ccc(OCc2ncc(NS(C)(=O)=O)s2)cc1)c1cc(Cl)c(OCCCl)c(C#N)c1. The monoisotopic (exact) mass is 539 g/mol. The lowest BCUT2D eigenvalue weighted by Gasteiger charge is -2.27. The van der Waals surface area contributed by atoms with Gasteiger partial charge in [0.25, 0.3) is 0 Å². The Kier molecular flexibility index (Phi) is 8.31. The Morgan fingerprint density at radius 3 is 2.50 bits per heavy atom. The average molecular weight is 540 g/mol. The van der Waals surface area contributed by atoms with Gasteiger partial charge in [0.05, 0.1) is 28.9 Å². The lowest BCUT2D eigenvalue weighted by atomic mass is 9.77. The molecule has 0 spiro atoms. The molecule has 180 valence electrons. The predicted octanol–water partition coefficient (Wildman–Crippen LogP) is 5.56. The molecule has 0 aliphatic rings. The van der Waals surface area contributed by atoms with Crippen LogP contribution < -0.4 is 14.2 Å². The zero-order chi connectivity index (χ0) is 24.9. The molecule has 2 aromatic carbocycles. The number of sulfonamides is 1. The number of ether oxygens (including phenoxy) is 2. The number of hydrogen-bond donors (Lipinski definition) is 1. The lowest BCUT2D eigenvalue weighted by molar-refractivity contribution is 0.305. The molecule has 0 unspecified atom stereocenters. The average Bonchev–Trinajstić information content (AvgIpc) is 3.22. The van der Waals surface area contributed by atoms with E-state index in [4.69, 9.17) is 32.7 Å². The summed E-state index contributed by atoms with van der Waals surface area (Å²) in [6.07, 6.45) is 2.55. The van der Waals surface area contributed by atoms with Gasteiger partial charge in [0, 0.05) is 5.41 Å². The van der Waals surface area contributed by atoms with Crippen LogP contribution in [0.4, 0.5) is 5.00 Å². The standard InChI is InChI=1S/C23H23Cl2N3O4S2/c1-23(2,17-10-15(12-26)22(19(25)11-17)31-9-8-24)16-4-6-18(7-5-16)32-14-21-27-13-20(33-21)28-34(3,29)30/h4-7,10-11,13,28H,8-9,14H2,1-3H3. The van der Waals surface area contributed by atoms with Gasteiger partial charge in [-0.25, -0.2) is 13.4 Å². The summed E-state index contributed by atoms with van der Waals surface area (Å²) < 4.78 is 36.4. The number of aromatic nitrogens is 1. The van der Waals surface area contributed by atoms with Crippen molar-refractivity contribution in [3.63, 3.8) is 0 Å². The minimum absolute atomic E-state index is 0.212. The maximum Gasteiger partial charge on any atom is 0.230 e. The molecule has 0 saturated heterocycles. The molecule has 0 aliphatic carbocycles. The zero-order valence-corrected chi connectivity index (χ0v) is 21.9. The topological polar surface area (TPSA) is 101 Å². The van der Waals surface area contributed by atoms with Crippen molar-refractivity contribution in [2.75, 3.05) is 23.5 Å². The second-order valence-electron chi connectivity index (χ2n) is 7.91. The van der Waals surface area contributed by atoms with E-state index >= 15 is 0 Å². The first-order chi connectivity index (χ1) is 16.0. The fourth-order valence-electron chi connectivity index (χ4n) is 3.21. The number of halogens is 2. The molecule has 0 amide bonds. The minimum atomic E-state index is -3.35. The molecule has 0 fully saturated rings. The van der Waals surface area contributed by atoms with E-state index in [2.05, 4.69) is 15.8 Å². The Labute approximate surface area is 213 Å². The van der Waals surface area contributed by atoms with Crippen molar-refractivity contribution in [3.05, 3.63) is 69.3 Å². The second-order valence-corrected chi connectivity index (χ2v) is 11.6.